The highest BCUT2D eigenvalue weighted by Gasteiger charge is 2.05. The third-order valence-corrected chi connectivity index (χ3v) is 2.27. The predicted molar refractivity (Wildman–Crippen MR) is 69.2 cm³/mol. The number of esters is 1. The molecule has 0 aliphatic carbocycles. The highest BCUT2D eigenvalue weighted by Crippen LogP contribution is 2.10. The van der Waals surface area contributed by atoms with E-state index in [0.29, 0.717) is 24.4 Å². The lowest BCUT2D eigenvalue weighted by Gasteiger charge is -2.07. The monoisotopic (exact) mass is 251 g/mol. The van der Waals surface area contributed by atoms with Crippen LogP contribution in [0.1, 0.15) is 17.3 Å². The van der Waals surface area contributed by atoms with Crippen LogP contribution in [0, 0.1) is 0 Å². The van der Waals surface area contributed by atoms with Gasteiger partial charge in [-0.15, -0.1) is 0 Å². The van der Waals surface area contributed by atoms with Crippen molar-refractivity contribution in [2.45, 2.75) is 6.92 Å². The standard InChI is InChI=1S/C12H17N3O3/c1-2-18-12(16)9-3-5-10(6-4-9)14-8-11(7-13)15-17/h3-6,14,17H,2,7-8,13H2,1H3. The normalized spacial score (nSPS) is 11.1. The Kier molecular flexibility index (Phi) is 5.66. The molecule has 0 spiro atoms. The Morgan fingerprint density at radius 2 is 2.11 bits per heavy atom. The number of ether oxygens (including phenoxy) is 1. The Balaban J connectivity index is 2.58. The Labute approximate surface area is 105 Å². The lowest BCUT2D eigenvalue weighted by atomic mass is 10.2. The molecule has 0 aliphatic rings. The second-order valence-corrected chi connectivity index (χ2v) is 3.52. The molecule has 0 aliphatic heterocycles. The van der Waals surface area contributed by atoms with Gasteiger partial charge in [0.1, 0.15) is 0 Å². The van der Waals surface area contributed by atoms with Crippen LogP contribution < -0.4 is 11.1 Å². The lowest BCUT2D eigenvalue weighted by Crippen LogP contribution is -2.22. The maximum absolute atomic E-state index is 11.4. The highest BCUT2D eigenvalue weighted by molar-refractivity contribution is 5.91. The van der Waals surface area contributed by atoms with Gasteiger partial charge in [0.2, 0.25) is 0 Å². The van der Waals surface area contributed by atoms with Gasteiger partial charge in [0.05, 0.1) is 24.4 Å². The molecule has 1 aromatic carbocycles. The van der Waals surface area contributed by atoms with Crippen LogP contribution in [0.5, 0.6) is 0 Å². The minimum absolute atomic E-state index is 0.185. The molecule has 0 amide bonds. The maximum atomic E-state index is 11.4. The number of nitrogens with zero attached hydrogens (tertiary/aromatic N) is 1. The molecule has 98 valence electrons. The van der Waals surface area contributed by atoms with Crippen molar-refractivity contribution < 1.29 is 14.7 Å². The first-order valence-electron chi connectivity index (χ1n) is 5.62. The molecule has 6 nitrogen and oxygen atoms in total. The number of nitrogens with one attached hydrogen (secondary N) is 1. The minimum atomic E-state index is -0.344. The number of nitrogens with two attached hydrogens (primary N) is 1. The molecule has 0 bridgehead atoms. The summed E-state index contributed by atoms with van der Waals surface area (Å²) in [6.45, 7) is 2.65. The van der Waals surface area contributed by atoms with Crippen molar-refractivity contribution in [3.05, 3.63) is 29.8 Å². The van der Waals surface area contributed by atoms with Gasteiger partial charge in [-0.2, -0.15) is 0 Å². The van der Waals surface area contributed by atoms with Crippen molar-refractivity contribution in [3.63, 3.8) is 0 Å². The second-order valence-electron chi connectivity index (χ2n) is 3.52. The number of benzene rings is 1. The summed E-state index contributed by atoms with van der Waals surface area (Å²) in [5.41, 5.74) is 7.10. The maximum Gasteiger partial charge on any atom is 0.338 e. The van der Waals surface area contributed by atoms with Crippen molar-refractivity contribution in [1.29, 1.82) is 0 Å². The van der Waals surface area contributed by atoms with Crippen molar-refractivity contribution in [1.82, 2.24) is 0 Å². The zero-order chi connectivity index (χ0) is 13.4. The Morgan fingerprint density at radius 1 is 1.44 bits per heavy atom. The summed E-state index contributed by atoms with van der Waals surface area (Å²) in [5.74, 6) is -0.344. The van der Waals surface area contributed by atoms with Crippen LogP contribution in [0.4, 0.5) is 5.69 Å². The third kappa shape index (κ3) is 4.06. The number of carbonyl (C=O) groups is 1. The largest absolute Gasteiger partial charge is 0.462 e. The molecule has 6 heteroatoms. The molecular weight excluding hydrogens is 234 g/mol. The van der Waals surface area contributed by atoms with Crippen LogP contribution in [0.3, 0.4) is 0 Å². The Morgan fingerprint density at radius 3 is 2.61 bits per heavy atom. The molecule has 0 unspecified atom stereocenters. The molecular formula is C12H17N3O3. The molecule has 0 atom stereocenters. The van der Waals surface area contributed by atoms with Gasteiger partial charge in [-0.05, 0) is 31.2 Å². The molecule has 0 saturated heterocycles. The summed E-state index contributed by atoms with van der Waals surface area (Å²) in [5, 5.41) is 14.7. The molecule has 0 aromatic heterocycles. The van der Waals surface area contributed by atoms with Gasteiger partial charge in [-0.25, -0.2) is 4.79 Å². The van der Waals surface area contributed by atoms with Crippen LogP contribution in [0.2, 0.25) is 0 Å². The molecule has 0 radical (unpaired) electrons. The van der Waals surface area contributed by atoms with Crippen molar-refractivity contribution in [2.75, 3.05) is 25.0 Å². The predicted octanol–water partition coefficient (Wildman–Crippen LogP) is 1.06. The SMILES string of the molecule is CCOC(=O)c1ccc(NCC(CN)=NO)cc1. The summed E-state index contributed by atoms with van der Waals surface area (Å²) in [6.07, 6.45) is 0. The van der Waals surface area contributed by atoms with Gasteiger partial charge in [0, 0.05) is 12.2 Å². The van der Waals surface area contributed by atoms with E-state index in [4.69, 9.17) is 15.7 Å². The summed E-state index contributed by atoms with van der Waals surface area (Å²) in [6, 6.07) is 6.83. The van der Waals surface area contributed by atoms with Gasteiger partial charge in [-0.1, -0.05) is 5.16 Å². The Bertz CT molecular complexity index is 415. The first-order chi connectivity index (χ1) is 8.71. The fourth-order valence-electron chi connectivity index (χ4n) is 1.29. The van der Waals surface area contributed by atoms with Gasteiger partial charge in [0.25, 0.3) is 0 Å². The summed E-state index contributed by atoms with van der Waals surface area (Å²) in [4.78, 5) is 11.4. The van der Waals surface area contributed by atoms with E-state index in [1.807, 2.05) is 0 Å². The van der Waals surface area contributed by atoms with Gasteiger partial charge < -0.3 is 21.0 Å². The van der Waals surface area contributed by atoms with Gasteiger partial charge in [-0.3, -0.25) is 0 Å². The van der Waals surface area contributed by atoms with E-state index < -0.39 is 0 Å². The van der Waals surface area contributed by atoms with Crippen LogP contribution >= 0.6 is 0 Å². The third-order valence-electron chi connectivity index (χ3n) is 2.27. The van der Waals surface area contributed by atoms with Crippen LogP contribution in [-0.4, -0.2) is 36.6 Å². The smallest absolute Gasteiger partial charge is 0.338 e. The first-order valence-corrected chi connectivity index (χ1v) is 5.62. The first kappa shape index (κ1) is 14.0. The fourth-order valence-corrected chi connectivity index (χ4v) is 1.29. The Hall–Kier alpha value is -2.08. The van der Waals surface area contributed by atoms with Crippen LogP contribution in [-0.2, 0) is 4.74 Å². The summed E-state index contributed by atoms with van der Waals surface area (Å²) in [7, 11) is 0. The minimum Gasteiger partial charge on any atom is -0.462 e. The average molecular weight is 251 g/mol. The quantitative estimate of drug-likeness (QED) is 0.304. The van der Waals surface area contributed by atoms with E-state index in [0.717, 1.165) is 5.69 Å². The lowest BCUT2D eigenvalue weighted by molar-refractivity contribution is 0.0526. The molecule has 1 rings (SSSR count). The van der Waals surface area contributed by atoms with E-state index in [2.05, 4.69) is 10.5 Å². The van der Waals surface area contributed by atoms with Gasteiger partial charge in [0.15, 0.2) is 0 Å². The zero-order valence-corrected chi connectivity index (χ0v) is 10.2. The van der Waals surface area contributed by atoms with Crippen molar-refractivity contribution >= 4 is 17.4 Å². The summed E-state index contributed by atoms with van der Waals surface area (Å²) >= 11 is 0. The van der Waals surface area contributed by atoms with Crippen LogP contribution in [0.25, 0.3) is 0 Å². The molecule has 1 aromatic rings. The van der Waals surface area contributed by atoms with Crippen LogP contribution in [0.15, 0.2) is 29.4 Å². The number of rotatable bonds is 6. The van der Waals surface area contributed by atoms with E-state index in [-0.39, 0.29) is 12.5 Å². The molecule has 0 heterocycles. The number of anilines is 1. The fraction of sp³-hybridized carbons (Fsp3) is 0.333. The van der Waals surface area contributed by atoms with Gasteiger partial charge >= 0.3 is 5.97 Å². The molecule has 0 saturated carbocycles. The molecule has 4 N–H and O–H groups in total. The second kappa shape index (κ2) is 7.29. The number of oxime groups is 1. The highest BCUT2D eigenvalue weighted by atomic mass is 16.5. The van der Waals surface area contributed by atoms with E-state index >= 15 is 0 Å². The number of carbonyl (C=O) groups excluding carboxylic acids is 1. The number of hydrogen-bond donors (Lipinski definition) is 3. The topological polar surface area (TPSA) is 96.9 Å². The van der Waals surface area contributed by atoms with Crippen molar-refractivity contribution in [3.8, 4) is 0 Å². The molecule has 18 heavy (non-hydrogen) atoms. The average Bonchev–Trinajstić information content (AvgIpc) is 2.41. The number of hydrogen-bond acceptors (Lipinski definition) is 6. The zero-order valence-electron chi connectivity index (χ0n) is 10.2. The van der Waals surface area contributed by atoms with Crippen molar-refractivity contribution in [2.24, 2.45) is 10.9 Å². The van der Waals surface area contributed by atoms with E-state index in [1.165, 1.54) is 0 Å². The van der Waals surface area contributed by atoms with E-state index in [1.54, 1.807) is 31.2 Å². The molecule has 0 fully saturated rings. The van der Waals surface area contributed by atoms with E-state index in [9.17, 15) is 4.79 Å². The summed E-state index contributed by atoms with van der Waals surface area (Å²) < 4.78 is 4.87.